The van der Waals surface area contributed by atoms with Crippen LogP contribution >= 0.6 is 0 Å². The van der Waals surface area contributed by atoms with Gasteiger partial charge in [-0.15, -0.1) is 0 Å². The van der Waals surface area contributed by atoms with Crippen molar-refractivity contribution in [3.8, 4) is 0 Å². The summed E-state index contributed by atoms with van der Waals surface area (Å²) >= 11 is 0. The predicted octanol–water partition coefficient (Wildman–Crippen LogP) is 4.20. The van der Waals surface area contributed by atoms with E-state index in [1.807, 2.05) is 0 Å². The normalized spacial score (nSPS) is 15.1. The van der Waals surface area contributed by atoms with Gasteiger partial charge in [0.15, 0.2) is 0 Å². The second-order valence-electron chi connectivity index (χ2n) is 5.90. The van der Waals surface area contributed by atoms with Gasteiger partial charge in [-0.2, -0.15) is 13.2 Å². The summed E-state index contributed by atoms with van der Waals surface area (Å²) in [7, 11) is 0. The number of anilines is 2. The number of rotatable bonds is 2. The minimum Gasteiger partial charge on any atom is -0.367 e. The zero-order valence-corrected chi connectivity index (χ0v) is 13.8. The van der Waals surface area contributed by atoms with Gasteiger partial charge >= 0.3 is 12.2 Å². The third-order valence-corrected chi connectivity index (χ3v) is 4.23. The van der Waals surface area contributed by atoms with Crippen molar-refractivity contribution in [2.24, 2.45) is 0 Å². The number of nitrogens with zero attached hydrogens (tertiary/aromatic N) is 2. The summed E-state index contributed by atoms with van der Waals surface area (Å²) in [5.74, 6) is -0.543. The van der Waals surface area contributed by atoms with E-state index in [2.05, 4.69) is 5.32 Å². The van der Waals surface area contributed by atoms with E-state index >= 15 is 0 Å². The van der Waals surface area contributed by atoms with Gasteiger partial charge < -0.3 is 15.1 Å². The summed E-state index contributed by atoms with van der Waals surface area (Å²) in [6.07, 6.45) is -4.43. The molecule has 0 saturated carbocycles. The summed E-state index contributed by atoms with van der Waals surface area (Å²) in [5.41, 5.74) is -0.513. The zero-order chi connectivity index (χ0) is 18.7. The van der Waals surface area contributed by atoms with E-state index in [0.29, 0.717) is 0 Å². The Morgan fingerprint density at radius 2 is 1.54 bits per heavy atom. The van der Waals surface area contributed by atoms with Gasteiger partial charge in [-0.05, 0) is 24.3 Å². The lowest BCUT2D eigenvalue weighted by Gasteiger charge is -2.37. The molecule has 1 saturated heterocycles. The van der Waals surface area contributed by atoms with E-state index in [-0.39, 0.29) is 37.6 Å². The molecule has 1 heterocycles. The Bertz CT molecular complexity index is 786. The number of benzene rings is 2. The first-order chi connectivity index (χ1) is 12.4. The number of carbonyl (C=O) groups excluding carboxylic acids is 1. The number of carbonyl (C=O) groups is 1. The summed E-state index contributed by atoms with van der Waals surface area (Å²) < 4.78 is 53.1. The molecule has 1 aliphatic heterocycles. The van der Waals surface area contributed by atoms with Crippen molar-refractivity contribution >= 4 is 17.4 Å². The molecular formula is C18H17F4N3O. The lowest BCUT2D eigenvalue weighted by Crippen LogP contribution is -2.50. The highest BCUT2D eigenvalue weighted by atomic mass is 19.4. The van der Waals surface area contributed by atoms with Crippen molar-refractivity contribution < 1.29 is 22.4 Å². The highest BCUT2D eigenvalue weighted by Gasteiger charge is 2.35. The van der Waals surface area contributed by atoms with Crippen molar-refractivity contribution in [1.29, 1.82) is 0 Å². The second-order valence-corrected chi connectivity index (χ2v) is 5.90. The first-order valence-electron chi connectivity index (χ1n) is 8.08. The Hall–Kier alpha value is -2.77. The molecule has 0 atom stereocenters. The molecule has 0 aromatic heterocycles. The maximum atomic E-state index is 13.6. The smallest absolute Gasteiger partial charge is 0.367 e. The van der Waals surface area contributed by atoms with E-state index in [9.17, 15) is 22.4 Å². The van der Waals surface area contributed by atoms with Crippen LogP contribution in [-0.2, 0) is 6.18 Å². The van der Waals surface area contributed by atoms with Crippen LogP contribution < -0.4 is 10.2 Å². The van der Waals surface area contributed by atoms with Gasteiger partial charge in [0.05, 0.1) is 11.3 Å². The molecule has 0 spiro atoms. The van der Waals surface area contributed by atoms with Gasteiger partial charge in [-0.1, -0.05) is 24.3 Å². The number of para-hydroxylation sites is 2. The summed E-state index contributed by atoms with van der Waals surface area (Å²) in [6.45, 7) is 1.01. The third kappa shape index (κ3) is 3.89. The standard InChI is InChI=1S/C18H17F4N3O/c19-14-6-2-3-7-15(14)23-17(26)25-11-9-24(10-12-25)16-8-4-1-5-13(16)18(20,21)22/h1-8H,9-12H2,(H,23,26). The molecule has 1 fully saturated rings. The first-order valence-corrected chi connectivity index (χ1v) is 8.08. The minimum atomic E-state index is -4.43. The Labute approximate surface area is 148 Å². The van der Waals surface area contributed by atoms with Crippen LogP contribution in [0.2, 0.25) is 0 Å². The molecule has 0 unspecified atom stereocenters. The molecule has 1 N–H and O–H groups in total. The number of alkyl halides is 3. The number of piperazine rings is 1. The molecule has 0 radical (unpaired) electrons. The molecule has 3 rings (SSSR count). The lowest BCUT2D eigenvalue weighted by molar-refractivity contribution is -0.137. The van der Waals surface area contributed by atoms with Crippen molar-refractivity contribution in [1.82, 2.24) is 4.90 Å². The summed E-state index contributed by atoms with van der Waals surface area (Å²) in [6, 6.07) is 10.7. The fraction of sp³-hybridized carbons (Fsp3) is 0.278. The molecule has 2 aromatic rings. The van der Waals surface area contributed by atoms with Crippen LogP contribution in [0.5, 0.6) is 0 Å². The fourth-order valence-corrected chi connectivity index (χ4v) is 2.90. The SMILES string of the molecule is O=C(Nc1ccccc1F)N1CCN(c2ccccc2C(F)(F)F)CC1. The van der Waals surface area contributed by atoms with Gasteiger partial charge in [0, 0.05) is 31.9 Å². The van der Waals surface area contributed by atoms with Crippen LogP contribution in [0, 0.1) is 5.82 Å². The second kappa shape index (κ2) is 7.23. The molecule has 138 valence electrons. The van der Waals surface area contributed by atoms with E-state index in [1.165, 1.54) is 35.2 Å². The van der Waals surface area contributed by atoms with Crippen molar-refractivity contribution in [2.45, 2.75) is 6.18 Å². The van der Waals surface area contributed by atoms with Crippen molar-refractivity contribution in [3.05, 3.63) is 59.9 Å². The molecule has 26 heavy (non-hydrogen) atoms. The van der Waals surface area contributed by atoms with Gasteiger partial charge in [0.2, 0.25) is 0 Å². The minimum absolute atomic E-state index is 0.0716. The van der Waals surface area contributed by atoms with E-state index in [4.69, 9.17) is 0 Å². The number of urea groups is 1. The van der Waals surface area contributed by atoms with E-state index < -0.39 is 23.6 Å². The first kappa shape index (κ1) is 18.0. The van der Waals surface area contributed by atoms with Crippen LogP contribution in [0.1, 0.15) is 5.56 Å². The van der Waals surface area contributed by atoms with E-state index in [1.54, 1.807) is 17.0 Å². The number of amides is 2. The van der Waals surface area contributed by atoms with Crippen LogP contribution in [0.15, 0.2) is 48.5 Å². The third-order valence-electron chi connectivity index (χ3n) is 4.23. The number of halogens is 4. The molecular weight excluding hydrogens is 350 g/mol. The van der Waals surface area contributed by atoms with Crippen LogP contribution in [-0.4, -0.2) is 37.1 Å². The van der Waals surface area contributed by atoms with Crippen molar-refractivity contribution in [2.75, 3.05) is 36.4 Å². The maximum absolute atomic E-state index is 13.6. The molecule has 2 amide bonds. The monoisotopic (exact) mass is 367 g/mol. The number of hydrogen-bond acceptors (Lipinski definition) is 2. The fourth-order valence-electron chi connectivity index (χ4n) is 2.90. The van der Waals surface area contributed by atoms with Crippen molar-refractivity contribution in [3.63, 3.8) is 0 Å². The summed E-state index contributed by atoms with van der Waals surface area (Å²) in [4.78, 5) is 15.3. The number of nitrogens with one attached hydrogen (secondary N) is 1. The maximum Gasteiger partial charge on any atom is 0.418 e. The molecule has 1 aliphatic rings. The molecule has 8 heteroatoms. The molecule has 4 nitrogen and oxygen atoms in total. The summed E-state index contributed by atoms with van der Waals surface area (Å²) in [5, 5.41) is 2.48. The zero-order valence-electron chi connectivity index (χ0n) is 13.8. The van der Waals surface area contributed by atoms with Gasteiger partial charge in [0.25, 0.3) is 0 Å². The van der Waals surface area contributed by atoms with Crippen LogP contribution in [0.4, 0.5) is 33.7 Å². The number of hydrogen-bond donors (Lipinski definition) is 1. The van der Waals surface area contributed by atoms with Crippen LogP contribution in [0.25, 0.3) is 0 Å². The average molecular weight is 367 g/mol. The average Bonchev–Trinajstić information content (AvgIpc) is 2.63. The van der Waals surface area contributed by atoms with Gasteiger partial charge in [-0.3, -0.25) is 0 Å². The van der Waals surface area contributed by atoms with E-state index in [0.717, 1.165) is 6.07 Å². The lowest BCUT2D eigenvalue weighted by atomic mass is 10.1. The Kier molecular flexibility index (Phi) is 5.01. The Balaban J connectivity index is 1.65. The quantitative estimate of drug-likeness (QED) is 0.808. The highest BCUT2D eigenvalue weighted by molar-refractivity contribution is 5.89. The van der Waals surface area contributed by atoms with Gasteiger partial charge in [0.1, 0.15) is 5.82 Å². The topological polar surface area (TPSA) is 35.6 Å². The van der Waals surface area contributed by atoms with Crippen LogP contribution in [0.3, 0.4) is 0 Å². The van der Waals surface area contributed by atoms with Gasteiger partial charge in [-0.25, -0.2) is 9.18 Å². The molecule has 0 aliphatic carbocycles. The molecule has 2 aromatic carbocycles. The highest BCUT2D eigenvalue weighted by Crippen LogP contribution is 2.36. The molecule has 0 bridgehead atoms. The Morgan fingerprint density at radius 3 is 2.19 bits per heavy atom. The largest absolute Gasteiger partial charge is 0.418 e. The Morgan fingerprint density at radius 1 is 0.923 bits per heavy atom. The predicted molar refractivity (Wildman–Crippen MR) is 90.6 cm³/mol.